The van der Waals surface area contributed by atoms with Crippen molar-refractivity contribution in [2.45, 2.75) is 6.61 Å². The molecular weight excluding hydrogens is 483 g/mol. The summed E-state index contributed by atoms with van der Waals surface area (Å²) in [4.78, 5) is 39.5. The molecule has 0 atom stereocenters. The maximum atomic E-state index is 14.2. The zero-order valence-electron chi connectivity index (χ0n) is 18.7. The molecular formula is C28H18ClFN2O4. The first-order chi connectivity index (χ1) is 17.4. The van der Waals surface area contributed by atoms with Crippen LogP contribution in [0, 0.1) is 5.82 Å². The molecule has 4 aromatic carbocycles. The van der Waals surface area contributed by atoms with Crippen LogP contribution < -0.4 is 15.0 Å². The van der Waals surface area contributed by atoms with Crippen LogP contribution in [-0.4, -0.2) is 17.8 Å². The molecule has 0 aromatic heterocycles. The molecule has 0 unspecified atom stereocenters. The van der Waals surface area contributed by atoms with Gasteiger partial charge in [0.25, 0.3) is 11.8 Å². The van der Waals surface area contributed by atoms with Crippen LogP contribution in [0.4, 0.5) is 14.9 Å². The normalized spacial score (nSPS) is 14.9. The lowest BCUT2D eigenvalue weighted by Crippen LogP contribution is -2.54. The number of ether oxygens (including phenoxy) is 1. The number of carbonyl (C=O) groups excluding carboxylic acids is 3. The number of hydrogen-bond acceptors (Lipinski definition) is 4. The summed E-state index contributed by atoms with van der Waals surface area (Å²) in [5.41, 5.74) is 0.814. The molecule has 1 fully saturated rings. The van der Waals surface area contributed by atoms with Crippen molar-refractivity contribution in [2.24, 2.45) is 0 Å². The quantitative estimate of drug-likeness (QED) is 0.274. The van der Waals surface area contributed by atoms with Crippen LogP contribution in [0.1, 0.15) is 11.1 Å². The van der Waals surface area contributed by atoms with E-state index in [1.165, 1.54) is 36.4 Å². The molecule has 0 aliphatic carbocycles. The molecule has 1 heterocycles. The summed E-state index contributed by atoms with van der Waals surface area (Å²) < 4.78 is 20.1. The van der Waals surface area contributed by atoms with Crippen molar-refractivity contribution in [2.75, 3.05) is 4.90 Å². The Morgan fingerprint density at radius 1 is 0.889 bits per heavy atom. The summed E-state index contributed by atoms with van der Waals surface area (Å²) in [5.74, 6) is -1.68. The van der Waals surface area contributed by atoms with Gasteiger partial charge in [-0.2, -0.15) is 0 Å². The number of barbiturate groups is 1. The standard InChI is InChI=1S/C28H18ClFN2O4/c29-19-10-12-20(13-11-19)32-27(34)23(26(33)31-28(32)35)15-22-21-7-3-1-5-17(21)9-14-25(22)36-16-18-6-2-4-8-24(18)30/h1-15H,16H2,(H,31,33,35)/b23-15+. The van der Waals surface area contributed by atoms with Gasteiger partial charge in [0.05, 0.1) is 5.69 Å². The predicted molar refractivity (Wildman–Crippen MR) is 135 cm³/mol. The number of nitrogens with zero attached hydrogens (tertiary/aromatic N) is 1. The van der Waals surface area contributed by atoms with Crippen molar-refractivity contribution in [3.8, 4) is 5.75 Å². The Hall–Kier alpha value is -4.49. The largest absolute Gasteiger partial charge is 0.488 e. The first-order valence-corrected chi connectivity index (χ1v) is 11.3. The van der Waals surface area contributed by atoms with Crippen LogP contribution in [0.3, 0.4) is 0 Å². The van der Waals surface area contributed by atoms with Crippen molar-refractivity contribution in [3.63, 3.8) is 0 Å². The molecule has 1 N–H and O–H groups in total. The fourth-order valence-corrected chi connectivity index (χ4v) is 4.07. The van der Waals surface area contributed by atoms with E-state index in [9.17, 15) is 18.8 Å². The molecule has 8 heteroatoms. The highest BCUT2D eigenvalue weighted by Gasteiger charge is 2.37. The minimum atomic E-state index is -0.863. The summed E-state index contributed by atoms with van der Waals surface area (Å²) in [6.45, 7) is -0.0588. The average Bonchev–Trinajstić information content (AvgIpc) is 2.87. The number of anilines is 1. The van der Waals surface area contributed by atoms with Crippen molar-refractivity contribution in [1.29, 1.82) is 0 Å². The molecule has 0 bridgehead atoms. The van der Waals surface area contributed by atoms with Crippen LogP contribution in [0.15, 0.2) is 90.5 Å². The van der Waals surface area contributed by atoms with E-state index < -0.39 is 23.7 Å². The Labute approximate surface area is 210 Å². The highest BCUT2D eigenvalue weighted by molar-refractivity contribution is 6.39. The van der Waals surface area contributed by atoms with Crippen LogP contribution >= 0.6 is 11.6 Å². The van der Waals surface area contributed by atoms with Gasteiger partial charge in [-0.3, -0.25) is 14.9 Å². The molecule has 1 aliphatic rings. The number of benzene rings is 4. The van der Waals surface area contributed by atoms with Crippen molar-refractivity contribution >= 4 is 52.0 Å². The third-order valence-corrected chi connectivity index (χ3v) is 6.00. The Balaban J connectivity index is 1.59. The van der Waals surface area contributed by atoms with E-state index >= 15 is 0 Å². The number of rotatable bonds is 5. The SMILES string of the molecule is O=C1NC(=O)N(c2ccc(Cl)cc2)C(=O)/C1=C/c1c(OCc2ccccc2F)ccc2ccccc12. The Morgan fingerprint density at radius 2 is 1.61 bits per heavy atom. The smallest absolute Gasteiger partial charge is 0.335 e. The second-order valence-corrected chi connectivity index (χ2v) is 8.45. The summed E-state index contributed by atoms with van der Waals surface area (Å²) in [6.07, 6.45) is 1.39. The molecule has 4 amide bonds. The molecule has 0 saturated carbocycles. The van der Waals surface area contributed by atoms with Gasteiger partial charge in [-0.15, -0.1) is 0 Å². The second kappa shape index (κ2) is 9.64. The number of hydrogen-bond donors (Lipinski definition) is 1. The number of carbonyl (C=O) groups is 3. The third-order valence-electron chi connectivity index (χ3n) is 5.75. The van der Waals surface area contributed by atoms with Gasteiger partial charge in [-0.05, 0) is 53.2 Å². The summed E-state index contributed by atoms with van der Waals surface area (Å²) in [7, 11) is 0. The lowest BCUT2D eigenvalue weighted by molar-refractivity contribution is -0.122. The Bertz CT molecular complexity index is 1550. The number of nitrogens with one attached hydrogen (secondary N) is 1. The molecule has 1 aliphatic heterocycles. The minimum absolute atomic E-state index is 0.0588. The van der Waals surface area contributed by atoms with Gasteiger partial charge in [0, 0.05) is 16.1 Å². The fraction of sp³-hybridized carbons (Fsp3) is 0.0357. The van der Waals surface area contributed by atoms with Crippen LogP contribution in [0.2, 0.25) is 5.02 Å². The molecule has 0 spiro atoms. The fourth-order valence-electron chi connectivity index (χ4n) is 3.95. The van der Waals surface area contributed by atoms with Crippen molar-refractivity contribution in [1.82, 2.24) is 5.32 Å². The van der Waals surface area contributed by atoms with Crippen LogP contribution in [0.25, 0.3) is 16.8 Å². The molecule has 36 heavy (non-hydrogen) atoms. The first-order valence-electron chi connectivity index (χ1n) is 11.0. The molecule has 0 radical (unpaired) electrons. The summed E-state index contributed by atoms with van der Waals surface area (Å²) >= 11 is 5.93. The third kappa shape index (κ3) is 4.44. The van der Waals surface area contributed by atoms with Gasteiger partial charge in [0.2, 0.25) is 0 Å². The van der Waals surface area contributed by atoms with Crippen LogP contribution in [0.5, 0.6) is 5.75 Å². The molecule has 6 nitrogen and oxygen atoms in total. The number of amides is 4. The van der Waals surface area contributed by atoms with Gasteiger partial charge < -0.3 is 4.74 Å². The van der Waals surface area contributed by atoms with Crippen molar-refractivity contribution < 1.29 is 23.5 Å². The van der Waals surface area contributed by atoms with Gasteiger partial charge in [0.1, 0.15) is 23.7 Å². The maximum Gasteiger partial charge on any atom is 0.335 e. The summed E-state index contributed by atoms with van der Waals surface area (Å²) in [6, 6.07) is 22.4. The molecule has 178 valence electrons. The van der Waals surface area contributed by atoms with Gasteiger partial charge in [-0.25, -0.2) is 14.1 Å². The second-order valence-electron chi connectivity index (χ2n) is 8.01. The lowest BCUT2D eigenvalue weighted by atomic mass is 9.99. The zero-order valence-corrected chi connectivity index (χ0v) is 19.5. The highest BCUT2D eigenvalue weighted by atomic mass is 35.5. The first kappa shape index (κ1) is 23.3. The van der Waals surface area contributed by atoms with Gasteiger partial charge >= 0.3 is 6.03 Å². The molecule has 4 aromatic rings. The van der Waals surface area contributed by atoms with E-state index in [0.29, 0.717) is 27.3 Å². The number of imide groups is 2. The van der Waals surface area contributed by atoms with E-state index in [2.05, 4.69) is 5.32 Å². The maximum absolute atomic E-state index is 14.2. The van der Waals surface area contributed by atoms with Crippen LogP contribution in [-0.2, 0) is 16.2 Å². The van der Waals surface area contributed by atoms with E-state index in [1.807, 2.05) is 30.3 Å². The summed E-state index contributed by atoms with van der Waals surface area (Å²) in [5, 5.41) is 4.20. The highest BCUT2D eigenvalue weighted by Crippen LogP contribution is 2.32. The average molecular weight is 501 g/mol. The Morgan fingerprint density at radius 3 is 2.39 bits per heavy atom. The zero-order chi connectivity index (χ0) is 25.2. The Kier molecular flexibility index (Phi) is 6.23. The van der Waals surface area contributed by atoms with Gasteiger partial charge in [-0.1, -0.05) is 60.1 Å². The van der Waals surface area contributed by atoms with Crippen molar-refractivity contribution in [3.05, 3.63) is 112 Å². The monoisotopic (exact) mass is 500 g/mol. The minimum Gasteiger partial charge on any atom is -0.488 e. The lowest BCUT2D eigenvalue weighted by Gasteiger charge is -2.26. The van der Waals surface area contributed by atoms with E-state index in [0.717, 1.165) is 10.3 Å². The predicted octanol–water partition coefficient (Wildman–Crippen LogP) is 5.88. The van der Waals surface area contributed by atoms with E-state index in [1.54, 1.807) is 24.3 Å². The topological polar surface area (TPSA) is 75.7 Å². The molecule has 5 rings (SSSR count). The molecule has 1 saturated heterocycles. The van der Waals surface area contributed by atoms with E-state index in [4.69, 9.17) is 16.3 Å². The number of fused-ring (bicyclic) bond motifs is 1. The number of halogens is 2. The van der Waals surface area contributed by atoms with E-state index in [-0.39, 0.29) is 17.9 Å². The number of urea groups is 1. The van der Waals surface area contributed by atoms with Gasteiger partial charge in [0.15, 0.2) is 0 Å².